The lowest BCUT2D eigenvalue weighted by Crippen LogP contribution is -2.37. The molecule has 0 radical (unpaired) electrons. The topological polar surface area (TPSA) is 74.6 Å². The quantitative estimate of drug-likeness (QED) is 0.793. The molecule has 4 heteroatoms. The summed E-state index contributed by atoms with van der Waals surface area (Å²) < 4.78 is 0. The number of hydrogen-bond acceptors (Lipinski definition) is 2. The highest BCUT2D eigenvalue weighted by molar-refractivity contribution is 5.89. The van der Waals surface area contributed by atoms with E-state index in [4.69, 9.17) is 0 Å². The molecule has 0 saturated heterocycles. The van der Waals surface area contributed by atoms with E-state index in [1.165, 1.54) is 0 Å². The summed E-state index contributed by atoms with van der Waals surface area (Å²) in [6, 6.07) is 0. The summed E-state index contributed by atoms with van der Waals surface area (Å²) in [5.74, 6) is -1.97. The maximum Gasteiger partial charge on any atom is 0.317 e. The Morgan fingerprint density at radius 2 is 1.04 bits per heavy atom. The van der Waals surface area contributed by atoms with Crippen LogP contribution in [0.15, 0.2) is 57.7 Å². The number of carboxylic acid groups (broad SMARTS) is 2. The lowest BCUT2D eigenvalue weighted by Gasteiger charge is -2.38. The zero-order chi connectivity index (χ0) is 18.4. The molecule has 0 heterocycles. The number of carboxylic acids is 2. The van der Waals surface area contributed by atoms with Crippen LogP contribution in [0.25, 0.3) is 0 Å². The van der Waals surface area contributed by atoms with E-state index >= 15 is 0 Å². The van der Waals surface area contributed by atoms with E-state index in [9.17, 15) is 19.8 Å². The van der Waals surface area contributed by atoms with Gasteiger partial charge in [-0.2, -0.15) is 0 Å². The summed E-state index contributed by atoms with van der Waals surface area (Å²) >= 11 is 0. The maximum atomic E-state index is 12.1. The molecule has 0 saturated carbocycles. The number of allylic oxidation sites excluding steroid dienone is 6. The van der Waals surface area contributed by atoms with Crippen molar-refractivity contribution in [2.24, 2.45) is 10.8 Å². The van der Waals surface area contributed by atoms with Gasteiger partial charge in [0.05, 0.1) is 0 Å². The average molecular weight is 328 g/mol. The van der Waals surface area contributed by atoms with Crippen molar-refractivity contribution in [3.8, 4) is 0 Å². The molecule has 2 rings (SSSR count). The summed E-state index contributed by atoms with van der Waals surface area (Å²) in [5, 5.41) is 19.8. The van der Waals surface area contributed by atoms with Crippen LogP contribution in [-0.4, -0.2) is 22.2 Å². The van der Waals surface area contributed by atoms with Crippen molar-refractivity contribution in [1.82, 2.24) is 0 Å². The highest BCUT2D eigenvalue weighted by Gasteiger charge is 2.46. The largest absolute Gasteiger partial charge is 0.480 e. The second-order valence-corrected chi connectivity index (χ2v) is 7.20. The molecule has 0 amide bonds. The summed E-state index contributed by atoms with van der Waals surface area (Å²) in [7, 11) is 0. The van der Waals surface area contributed by atoms with Crippen molar-refractivity contribution in [1.29, 1.82) is 0 Å². The number of rotatable bonds is 2. The number of hydrogen-bond donors (Lipinski definition) is 2. The first-order chi connectivity index (χ1) is 10.9. The van der Waals surface area contributed by atoms with Gasteiger partial charge < -0.3 is 10.2 Å². The van der Waals surface area contributed by atoms with Crippen LogP contribution in [0.1, 0.15) is 41.5 Å². The molecule has 0 aliphatic heterocycles. The fraction of sp³-hybridized carbons (Fsp3) is 0.400. The van der Waals surface area contributed by atoms with E-state index in [1.54, 1.807) is 26.0 Å². The van der Waals surface area contributed by atoms with E-state index in [0.717, 1.165) is 22.3 Å². The van der Waals surface area contributed by atoms with Gasteiger partial charge >= 0.3 is 11.9 Å². The predicted octanol–water partition coefficient (Wildman–Crippen LogP) is 4.28. The van der Waals surface area contributed by atoms with Crippen LogP contribution >= 0.6 is 0 Å². The summed E-state index contributed by atoms with van der Waals surface area (Å²) in [6.07, 6.45) is 7.22. The third kappa shape index (κ3) is 2.56. The molecule has 4 nitrogen and oxygen atoms in total. The molecule has 2 atom stereocenters. The Balaban J connectivity index is 2.94. The first-order valence-corrected chi connectivity index (χ1v) is 7.91. The van der Waals surface area contributed by atoms with Gasteiger partial charge in [0.25, 0.3) is 0 Å². The van der Waals surface area contributed by atoms with Crippen molar-refractivity contribution in [3.05, 3.63) is 57.7 Å². The minimum atomic E-state index is -1.26. The van der Waals surface area contributed by atoms with Gasteiger partial charge in [-0.15, -0.1) is 0 Å². The minimum Gasteiger partial charge on any atom is -0.480 e. The lowest BCUT2D eigenvalue weighted by molar-refractivity contribution is -0.145. The normalized spacial score (nSPS) is 33.2. The fourth-order valence-electron chi connectivity index (χ4n) is 4.04. The molecule has 128 valence electrons. The summed E-state index contributed by atoms with van der Waals surface area (Å²) in [5.41, 5.74) is 1.94. The molecular weight excluding hydrogens is 304 g/mol. The highest BCUT2D eigenvalue weighted by atomic mass is 16.4. The Hall–Kier alpha value is -2.36. The molecule has 0 bridgehead atoms. The smallest absolute Gasteiger partial charge is 0.317 e. The zero-order valence-corrected chi connectivity index (χ0v) is 15.0. The zero-order valence-electron chi connectivity index (χ0n) is 15.0. The predicted molar refractivity (Wildman–Crippen MR) is 93.5 cm³/mol. The summed E-state index contributed by atoms with van der Waals surface area (Å²) in [6.45, 7) is 10.7. The standard InChI is InChI=1S/C20H24O4/c1-11-7-13(3)15(19(5,9-11)17(21)22)16-14(4)8-12(2)10-20(16,6)18(23)24/h7-10H,1-6H3,(H,21,22)(H,23,24). The Kier molecular flexibility index (Phi) is 4.21. The van der Waals surface area contributed by atoms with Gasteiger partial charge in [-0.3, -0.25) is 9.59 Å². The van der Waals surface area contributed by atoms with E-state index < -0.39 is 22.8 Å². The van der Waals surface area contributed by atoms with Crippen LogP contribution in [-0.2, 0) is 9.59 Å². The van der Waals surface area contributed by atoms with Gasteiger partial charge in [0, 0.05) is 0 Å². The summed E-state index contributed by atoms with van der Waals surface area (Å²) in [4.78, 5) is 24.2. The highest BCUT2D eigenvalue weighted by Crippen LogP contribution is 2.50. The van der Waals surface area contributed by atoms with Gasteiger partial charge in [-0.25, -0.2) is 0 Å². The monoisotopic (exact) mass is 328 g/mol. The van der Waals surface area contributed by atoms with Crippen molar-refractivity contribution in [3.63, 3.8) is 0 Å². The SMILES string of the molecule is CC1=CC(C)(C(=O)O)C(=C2C(C)=CC(C)=CC2(C)C(=O)O)C(C)=C1. The molecule has 2 aliphatic rings. The van der Waals surface area contributed by atoms with E-state index in [1.807, 2.05) is 39.8 Å². The maximum absolute atomic E-state index is 12.1. The molecule has 0 aromatic rings. The van der Waals surface area contributed by atoms with Gasteiger partial charge in [0.1, 0.15) is 10.8 Å². The molecule has 0 aromatic carbocycles. The van der Waals surface area contributed by atoms with Crippen LogP contribution in [0.2, 0.25) is 0 Å². The van der Waals surface area contributed by atoms with E-state index in [0.29, 0.717) is 11.1 Å². The molecule has 0 fully saturated rings. The average Bonchev–Trinajstić information content (AvgIpc) is 2.40. The molecule has 2 aliphatic carbocycles. The fourth-order valence-corrected chi connectivity index (χ4v) is 4.04. The van der Waals surface area contributed by atoms with Crippen molar-refractivity contribution in [2.75, 3.05) is 0 Å². The molecular formula is C20H24O4. The van der Waals surface area contributed by atoms with Crippen molar-refractivity contribution in [2.45, 2.75) is 41.5 Å². The molecule has 24 heavy (non-hydrogen) atoms. The van der Waals surface area contributed by atoms with E-state index in [2.05, 4.69) is 0 Å². The van der Waals surface area contributed by atoms with Crippen LogP contribution in [0.3, 0.4) is 0 Å². The van der Waals surface area contributed by atoms with Crippen molar-refractivity contribution < 1.29 is 19.8 Å². The molecule has 0 spiro atoms. The molecule has 2 unspecified atom stereocenters. The van der Waals surface area contributed by atoms with Gasteiger partial charge in [0.15, 0.2) is 0 Å². The van der Waals surface area contributed by atoms with Gasteiger partial charge in [-0.1, -0.05) is 35.5 Å². The Labute approximate surface area is 142 Å². The number of aliphatic carboxylic acids is 2. The Morgan fingerprint density at radius 3 is 1.29 bits per heavy atom. The first kappa shape index (κ1) is 18.0. The Bertz CT molecular complexity index is 722. The third-order valence-corrected chi connectivity index (χ3v) is 4.89. The van der Waals surface area contributed by atoms with Crippen LogP contribution < -0.4 is 0 Å². The lowest BCUT2D eigenvalue weighted by atomic mass is 9.63. The Morgan fingerprint density at radius 1 is 0.750 bits per heavy atom. The second kappa shape index (κ2) is 5.62. The van der Waals surface area contributed by atoms with Crippen LogP contribution in [0.5, 0.6) is 0 Å². The van der Waals surface area contributed by atoms with Crippen LogP contribution in [0.4, 0.5) is 0 Å². The first-order valence-electron chi connectivity index (χ1n) is 7.91. The van der Waals surface area contributed by atoms with Gasteiger partial charge in [0.2, 0.25) is 0 Å². The number of carbonyl (C=O) groups is 2. The van der Waals surface area contributed by atoms with Crippen LogP contribution in [0, 0.1) is 10.8 Å². The van der Waals surface area contributed by atoms with E-state index in [-0.39, 0.29) is 0 Å². The minimum absolute atomic E-state index is 0.572. The van der Waals surface area contributed by atoms with Crippen molar-refractivity contribution >= 4 is 11.9 Å². The second-order valence-electron chi connectivity index (χ2n) is 7.20. The third-order valence-electron chi connectivity index (χ3n) is 4.89. The molecule has 2 N–H and O–H groups in total. The molecule has 0 aromatic heterocycles. The van der Waals surface area contributed by atoms with Gasteiger partial charge in [-0.05, 0) is 63.8 Å².